The van der Waals surface area contributed by atoms with Gasteiger partial charge in [-0.1, -0.05) is 18.2 Å². The second-order valence-electron chi connectivity index (χ2n) is 3.29. The molecular weight excluding hydrogens is 206 g/mol. The number of para-hydroxylation sites is 1. The van der Waals surface area contributed by atoms with Gasteiger partial charge in [0.2, 0.25) is 5.88 Å². The summed E-state index contributed by atoms with van der Waals surface area (Å²) in [5, 5.41) is 4.22. The fraction of sp³-hybridized carbons (Fsp3) is 0.0909. The lowest BCUT2D eigenvalue weighted by Gasteiger charge is -2.05. The minimum Gasteiger partial charge on any atom is -0.391 e. The van der Waals surface area contributed by atoms with Gasteiger partial charge in [-0.15, -0.1) is 0 Å². The molecular formula is C11H11N3O2. The number of hydrogen-bond acceptors (Lipinski definition) is 3. The fourth-order valence-corrected chi connectivity index (χ4v) is 1.41. The molecule has 1 amide bonds. The zero-order chi connectivity index (χ0) is 11.5. The van der Waals surface area contributed by atoms with Gasteiger partial charge >= 0.3 is 6.09 Å². The van der Waals surface area contributed by atoms with E-state index in [-0.39, 0.29) is 0 Å². The Bertz CT molecular complexity index is 505. The molecule has 2 N–H and O–H groups in total. The van der Waals surface area contributed by atoms with Gasteiger partial charge in [-0.2, -0.15) is 5.10 Å². The van der Waals surface area contributed by atoms with E-state index < -0.39 is 6.09 Å². The Hall–Kier alpha value is -2.30. The van der Waals surface area contributed by atoms with Gasteiger partial charge in [0.05, 0.1) is 11.4 Å². The van der Waals surface area contributed by atoms with Gasteiger partial charge in [-0.05, 0) is 19.1 Å². The maximum Gasteiger partial charge on any atom is 0.411 e. The molecule has 1 heterocycles. The number of carbonyl (C=O) groups excluding carboxylic acids is 1. The van der Waals surface area contributed by atoms with Crippen molar-refractivity contribution in [3.05, 3.63) is 42.1 Å². The van der Waals surface area contributed by atoms with Crippen molar-refractivity contribution in [2.24, 2.45) is 5.73 Å². The van der Waals surface area contributed by atoms with Crippen molar-refractivity contribution >= 4 is 6.09 Å². The van der Waals surface area contributed by atoms with E-state index in [4.69, 9.17) is 10.5 Å². The first-order valence-corrected chi connectivity index (χ1v) is 4.76. The van der Waals surface area contributed by atoms with Crippen molar-refractivity contribution < 1.29 is 9.53 Å². The number of nitrogens with zero attached hydrogens (tertiary/aromatic N) is 2. The summed E-state index contributed by atoms with van der Waals surface area (Å²) in [4.78, 5) is 10.7. The van der Waals surface area contributed by atoms with E-state index in [1.165, 1.54) is 4.68 Å². The lowest BCUT2D eigenvalue weighted by Crippen LogP contribution is -2.18. The quantitative estimate of drug-likeness (QED) is 0.831. The van der Waals surface area contributed by atoms with Crippen LogP contribution in [0.4, 0.5) is 4.79 Å². The van der Waals surface area contributed by atoms with Gasteiger partial charge in [-0.3, -0.25) is 0 Å². The van der Waals surface area contributed by atoms with E-state index in [0.29, 0.717) is 5.88 Å². The maximum atomic E-state index is 10.7. The molecule has 1 aromatic heterocycles. The van der Waals surface area contributed by atoms with Crippen LogP contribution in [0.25, 0.3) is 5.69 Å². The van der Waals surface area contributed by atoms with Crippen LogP contribution in [-0.4, -0.2) is 15.9 Å². The summed E-state index contributed by atoms with van der Waals surface area (Å²) in [5.74, 6) is 0.316. The topological polar surface area (TPSA) is 70.1 Å². The predicted molar refractivity (Wildman–Crippen MR) is 58.5 cm³/mol. The number of primary amides is 1. The minimum absolute atomic E-state index is 0.316. The van der Waals surface area contributed by atoms with Gasteiger partial charge in [0.25, 0.3) is 0 Å². The highest BCUT2D eigenvalue weighted by Gasteiger charge is 2.10. The van der Waals surface area contributed by atoms with Crippen molar-refractivity contribution in [2.75, 3.05) is 0 Å². The molecule has 0 saturated carbocycles. The molecule has 0 fully saturated rings. The van der Waals surface area contributed by atoms with Crippen molar-refractivity contribution in [3.63, 3.8) is 0 Å². The van der Waals surface area contributed by atoms with Crippen molar-refractivity contribution in [1.29, 1.82) is 0 Å². The number of benzene rings is 1. The third-order valence-electron chi connectivity index (χ3n) is 2.00. The zero-order valence-corrected chi connectivity index (χ0v) is 8.75. The van der Waals surface area contributed by atoms with Crippen LogP contribution in [0.5, 0.6) is 5.88 Å². The second-order valence-corrected chi connectivity index (χ2v) is 3.29. The fourth-order valence-electron chi connectivity index (χ4n) is 1.41. The van der Waals surface area contributed by atoms with Gasteiger partial charge < -0.3 is 10.5 Å². The largest absolute Gasteiger partial charge is 0.411 e. The van der Waals surface area contributed by atoms with Crippen LogP contribution in [0.2, 0.25) is 0 Å². The maximum absolute atomic E-state index is 10.7. The van der Waals surface area contributed by atoms with Crippen LogP contribution in [0.1, 0.15) is 5.69 Å². The predicted octanol–water partition coefficient (Wildman–Crippen LogP) is 1.64. The van der Waals surface area contributed by atoms with Gasteiger partial charge in [0.15, 0.2) is 0 Å². The van der Waals surface area contributed by atoms with Crippen molar-refractivity contribution in [2.45, 2.75) is 6.92 Å². The Balaban J connectivity index is 2.44. The molecule has 0 atom stereocenters. The first kappa shape index (κ1) is 10.2. The normalized spacial score (nSPS) is 10.1. The molecule has 0 unspecified atom stereocenters. The Morgan fingerprint density at radius 3 is 2.69 bits per heavy atom. The molecule has 0 saturated heterocycles. The van der Waals surface area contributed by atoms with Crippen molar-refractivity contribution in [1.82, 2.24) is 9.78 Å². The van der Waals surface area contributed by atoms with Crippen LogP contribution in [0.3, 0.4) is 0 Å². The van der Waals surface area contributed by atoms with Crippen LogP contribution >= 0.6 is 0 Å². The summed E-state index contributed by atoms with van der Waals surface area (Å²) in [6, 6.07) is 11.0. The first-order chi connectivity index (χ1) is 7.66. The smallest absolute Gasteiger partial charge is 0.391 e. The Morgan fingerprint density at radius 1 is 1.38 bits per heavy atom. The van der Waals surface area contributed by atoms with Gasteiger partial charge in [-0.25, -0.2) is 9.48 Å². The molecule has 0 aliphatic rings. The highest BCUT2D eigenvalue weighted by molar-refractivity contribution is 5.67. The molecule has 5 nitrogen and oxygen atoms in total. The molecule has 5 heteroatoms. The molecule has 1 aromatic carbocycles. The monoisotopic (exact) mass is 217 g/mol. The second kappa shape index (κ2) is 4.06. The average Bonchev–Trinajstić information content (AvgIpc) is 2.60. The average molecular weight is 217 g/mol. The number of amides is 1. The Morgan fingerprint density at radius 2 is 2.06 bits per heavy atom. The van der Waals surface area contributed by atoms with Gasteiger partial charge in [0.1, 0.15) is 0 Å². The summed E-state index contributed by atoms with van der Waals surface area (Å²) in [6.45, 7) is 1.81. The van der Waals surface area contributed by atoms with Crippen LogP contribution in [0, 0.1) is 6.92 Å². The minimum atomic E-state index is -0.850. The van der Waals surface area contributed by atoms with Crippen molar-refractivity contribution in [3.8, 4) is 11.6 Å². The van der Waals surface area contributed by atoms with Gasteiger partial charge in [0, 0.05) is 6.07 Å². The summed E-state index contributed by atoms with van der Waals surface area (Å²) in [5.41, 5.74) is 6.54. The molecule has 0 aliphatic heterocycles. The number of ether oxygens (including phenoxy) is 1. The highest BCUT2D eigenvalue weighted by atomic mass is 16.6. The molecule has 16 heavy (non-hydrogen) atoms. The first-order valence-electron chi connectivity index (χ1n) is 4.76. The Kier molecular flexibility index (Phi) is 2.59. The number of rotatable bonds is 2. The van der Waals surface area contributed by atoms with Crippen LogP contribution in [-0.2, 0) is 0 Å². The zero-order valence-electron chi connectivity index (χ0n) is 8.75. The Labute approximate surface area is 92.4 Å². The molecule has 0 spiro atoms. The summed E-state index contributed by atoms with van der Waals surface area (Å²) < 4.78 is 6.39. The van der Waals surface area contributed by atoms with E-state index in [9.17, 15) is 4.79 Å². The van der Waals surface area contributed by atoms with Crippen LogP contribution < -0.4 is 10.5 Å². The summed E-state index contributed by atoms with van der Waals surface area (Å²) in [6.07, 6.45) is -0.850. The molecule has 0 aliphatic carbocycles. The summed E-state index contributed by atoms with van der Waals surface area (Å²) in [7, 11) is 0. The van der Waals surface area contributed by atoms with E-state index in [1.807, 2.05) is 37.3 Å². The third kappa shape index (κ3) is 2.03. The van der Waals surface area contributed by atoms with E-state index in [2.05, 4.69) is 5.10 Å². The summed E-state index contributed by atoms with van der Waals surface area (Å²) >= 11 is 0. The number of hydrogen-bond donors (Lipinski definition) is 1. The molecule has 2 rings (SSSR count). The number of aromatic nitrogens is 2. The SMILES string of the molecule is Cc1cc(OC(N)=O)n(-c2ccccc2)n1. The lowest BCUT2D eigenvalue weighted by atomic mass is 10.3. The standard InChI is InChI=1S/C11H11N3O2/c1-8-7-10(16-11(12)15)14(13-8)9-5-3-2-4-6-9/h2-7H,1H3,(H2,12,15). The number of nitrogens with two attached hydrogens (primary N) is 1. The molecule has 82 valence electrons. The molecule has 0 bridgehead atoms. The van der Waals surface area contributed by atoms with E-state index in [0.717, 1.165) is 11.4 Å². The lowest BCUT2D eigenvalue weighted by molar-refractivity contribution is 0.207. The highest BCUT2D eigenvalue weighted by Crippen LogP contribution is 2.18. The number of aryl methyl sites for hydroxylation is 1. The van der Waals surface area contributed by atoms with E-state index >= 15 is 0 Å². The molecule has 2 aromatic rings. The number of carbonyl (C=O) groups is 1. The molecule has 0 radical (unpaired) electrons. The third-order valence-corrected chi connectivity index (χ3v) is 2.00. The van der Waals surface area contributed by atoms with E-state index in [1.54, 1.807) is 6.07 Å². The van der Waals surface area contributed by atoms with Crippen LogP contribution in [0.15, 0.2) is 36.4 Å².